The van der Waals surface area contributed by atoms with E-state index in [1.165, 1.54) is 0 Å². The predicted molar refractivity (Wildman–Crippen MR) is 109 cm³/mol. The number of hydrogen-bond acceptors (Lipinski definition) is 3. The van der Waals surface area contributed by atoms with Gasteiger partial charge in [0.05, 0.1) is 0 Å². The van der Waals surface area contributed by atoms with Crippen molar-refractivity contribution >= 4 is 35.8 Å². The van der Waals surface area contributed by atoms with E-state index in [9.17, 15) is 4.79 Å². The van der Waals surface area contributed by atoms with Crippen LogP contribution in [0.2, 0.25) is 0 Å². The molecule has 0 unspecified atom stereocenters. The Hall–Kier alpha value is -1.51. The summed E-state index contributed by atoms with van der Waals surface area (Å²) in [5, 5.41) is 9.23. The quantitative estimate of drug-likeness (QED) is 0.235. The van der Waals surface area contributed by atoms with Gasteiger partial charge < -0.3 is 20.7 Å². The summed E-state index contributed by atoms with van der Waals surface area (Å²) >= 11 is 0. The molecule has 24 heavy (non-hydrogen) atoms. The second-order valence-corrected chi connectivity index (χ2v) is 5.10. The van der Waals surface area contributed by atoms with Gasteiger partial charge in [-0.1, -0.05) is 25.5 Å². The Labute approximate surface area is 161 Å². The zero-order valence-electron chi connectivity index (χ0n) is 14.7. The van der Waals surface area contributed by atoms with Crippen LogP contribution in [-0.2, 0) is 11.3 Å². The van der Waals surface area contributed by atoms with E-state index in [1.807, 2.05) is 31.2 Å². The van der Waals surface area contributed by atoms with Crippen LogP contribution in [0.4, 0.5) is 0 Å². The van der Waals surface area contributed by atoms with Crippen molar-refractivity contribution in [2.24, 2.45) is 4.99 Å². The second-order valence-electron chi connectivity index (χ2n) is 5.10. The molecule has 0 spiro atoms. The minimum atomic E-state index is -0.114. The molecule has 0 aromatic heterocycles. The highest BCUT2D eigenvalue weighted by atomic mass is 127. The zero-order chi connectivity index (χ0) is 16.9. The van der Waals surface area contributed by atoms with Crippen molar-refractivity contribution < 1.29 is 9.53 Å². The summed E-state index contributed by atoms with van der Waals surface area (Å²) in [7, 11) is 1.76. The molecule has 136 valence electrons. The number of benzene rings is 1. The third kappa shape index (κ3) is 9.59. The molecule has 0 bridgehead atoms. The lowest BCUT2D eigenvalue weighted by atomic mass is 10.2. The van der Waals surface area contributed by atoms with Crippen LogP contribution in [0.5, 0.6) is 5.75 Å². The van der Waals surface area contributed by atoms with Crippen molar-refractivity contribution in [1.29, 1.82) is 0 Å². The standard InChI is InChI=1S/C17H28N4O2.HI/c1-4-6-10-20-17(18-3)21-12-14-8-7-9-15(11-14)23-13-16(22)19-5-2;/h7-9,11H,4-6,10,12-13H2,1-3H3,(H,19,22)(H2,18,20,21);1H. The molecule has 0 radical (unpaired) electrons. The molecular formula is C17H29IN4O2. The highest BCUT2D eigenvalue weighted by Gasteiger charge is 2.03. The molecule has 3 N–H and O–H groups in total. The fraction of sp³-hybridized carbons (Fsp3) is 0.529. The van der Waals surface area contributed by atoms with E-state index in [4.69, 9.17) is 4.74 Å². The number of amides is 1. The van der Waals surface area contributed by atoms with Crippen LogP contribution < -0.4 is 20.7 Å². The van der Waals surface area contributed by atoms with Gasteiger partial charge in [0, 0.05) is 26.7 Å². The SMILES string of the molecule is CCCCNC(=NC)NCc1cccc(OCC(=O)NCC)c1.I. The number of nitrogens with zero attached hydrogens (tertiary/aromatic N) is 1. The Morgan fingerprint density at radius 1 is 1.21 bits per heavy atom. The van der Waals surface area contributed by atoms with E-state index in [0.717, 1.165) is 30.9 Å². The molecule has 0 heterocycles. The summed E-state index contributed by atoms with van der Waals surface area (Å²) in [6.45, 7) is 6.23. The molecule has 0 atom stereocenters. The average molecular weight is 448 g/mol. The molecular weight excluding hydrogens is 419 g/mol. The number of aliphatic imine (C=N–C) groups is 1. The average Bonchev–Trinajstić information content (AvgIpc) is 2.57. The molecule has 0 aliphatic carbocycles. The molecule has 0 fully saturated rings. The number of carbonyl (C=O) groups is 1. The Morgan fingerprint density at radius 2 is 2.00 bits per heavy atom. The van der Waals surface area contributed by atoms with Gasteiger partial charge in [-0.15, -0.1) is 24.0 Å². The van der Waals surface area contributed by atoms with Crippen molar-refractivity contribution in [3.8, 4) is 5.75 Å². The van der Waals surface area contributed by atoms with E-state index in [0.29, 0.717) is 18.8 Å². The maximum atomic E-state index is 11.4. The van der Waals surface area contributed by atoms with Gasteiger partial charge >= 0.3 is 0 Å². The van der Waals surface area contributed by atoms with E-state index in [-0.39, 0.29) is 36.5 Å². The van der Waals surface area contributed by atoms with Crippen molar-refractivity contribution in [3.63, 3.8) is 0 Å². The van der Waals surface area contributed by atoms with E-state index in [1.54, 1.807) is 7.05 Å². The molecule has 1 aromatic rings. The van der Waals surface area contributed by atoms with Crippen molar-refractivity contribution in [2.45, 2.75) is 33.2 Å². The molecule has 1 aromatic carbocycles. The molecule has 1 amide bonds. The van der Waals surface area contributed by atoms with E-state index >= 15 is 0 Å². The highest BCUT2D eigenvalue weighted by molar-refractivity contribution is 14.0. The largest absolute Gasteiger partial charge is 0.484 e. The van der Waals surface area contributed by atoms with Crippen molar-refractivity contribution in [3.05, 3.63) is 29.8 Å². The van der Waals surface area contributed by atoms with Gasteiger partial charge in [-0.3, -0.25) is 9.79 Å². The summed E-state index contributed by atoms with van der Waals surface area (Å²) in [6.07, 6.45) is 2.26. The maximum absolute atomic E-state index is 11.4. The number of guanidine groups is 1. The van der Waals surface area contributed by atoms with Crippen LogP contribution in [0.3, 0.4) is 0 Å². The van der Waals surface area contributed by atoms with Crippen LogP contribution in [0, 0.1) is 0 Å². The Bertz CT molecular complexity index is 509. The number of nitrogens with one attached hydrogen (secondary N) is 3. The molecule has 1 rings (SSSR count). The number of hydrogen-bond donors (Lipinski definition) is 3. The lowest BCUT2D eigenvalue weighted by Gasteiger charge is -2.12. The van der Waals surface area contributed by atoms with Crippen LogP contribution >= 0.6 is 24.0 Å². The smallest absolute Gasteiger partial charge is 0.257 e. The van der Waals surface area contributed by atoms with Gasteiger partial charge in [0.15, 0.2) is 12.6 Å². The number of ether oxygens (including phenoxy) is 1. The maximum Gasteiger partial charge on any atom is 0.257 e. The number of rotatable bonds is 9. The minimum absolute atomic E-state index is 0. The summed E-state index contributed by atoms with van der Waals surface area (Å²) in [5.74, 6) is 1.35. The van der Waals surface area contributed by atoms with Gasteiger partial charge in [0.25, 0.3) is 5.91 Å². The third-order valence-corrected chi connectivity index (χ3v) is 3.15. The van der Waals surface area contributed by atoms with Crippen LogP contribution in [0.1, 0.15) is 32.3 Å². The van der Waals surface area contributed by atoms with Gasteiger partial charge in [0.2, 0.25) is 0 Å². The Balaban J connectivity index is 0.00000529. The first-order valence-corrected chi connectivity index (χ1v) is 8.12. The molecule has 6 nitrogen and oxygen atoms in total. The van der Waals surface area contributed by atoms with Crippen molar-refractivity contribution in [2.75, 3.05) is 26.7 Å². The number of unbranched alkanes of at least 4 members (excludes halogenated alkanes) is 1. The lowest BCUT2D eigenvalue weighted by Crippen LogP contribution is -2.37. The van der Waals surface area contributed by atoms with E-state index in [2.05, 4.69) is 27.9 Å². The molecule has 7 heteroatoms. The topological polar surface area (TPSA) is 74.8 Å². The third-order valence-electron chi connectivity index (χ3n) is 3.15. The predicted octanol–water partition coefficient (Wildman–Crippen LogP) is 2.28. The zero-order valence-corrected chi connectivity index (χ0v) is 17.1. The van der Waals surface area contributed by atoms with E-state index < -0.39 is 0 Å². The Kier molecular flexibility index (Phi) is 13.0. The van der Waals surface area contributed by atoms with Crippen LogP contribution in [-0.4, -0.2) is 38.6 Å². The molecule has 0 saturated carbocycles. The highest BCUT2D eigenvalue weighted by Crippen LogP contribution is 2.13. The first-order chi connectivity index (χ1) is 11.2. The fourth-order valence-corrected chi connectivity index (χ4v) is 1.93. The summed E-state index contributed by atoms with van der Waals surface area (Å²) in [5.41, 5.74) is 1.07. The minimum Gasteiger partial charge on any atom is -0.484 e. The molecule has 0 saturated heterocycles. The summed E-state index contributed by atoms with van der Waals surface area (Å²) in [6, 6.07) is 7.69. The Morgan fingerprint density at radius 3 is 2.67 bits per heavy atom. The van der Waals surface area contributed by atoms with Gasteiger partial charge in [-0.2, -0.15) is 0 Å². The van der Waals surface area contributed by atoms with Gasteiger partial charge in [-0.05, 0) is 31.0 Å². The summed E-state index contributed by atoms with van der Waals surface area (Å²) < 4.78 is 5.49. The van der Waals surface area contributed by atoms with Crippen LogP contribution in [0.15, 0.2) is 29.3 Å². The number of halogens is 1. The lowest BCUT2D eigenvalue weighted by molar-refractivity contribution is -0.122. The number of carbonyl (C=O) groups excluding carboxylic acids is 1. The van der Waals surface area contributed by atoms with Gasteiger partial charge in [-0.25, -0.2) is 0 Å². The van der Waals surface area contributed by atoms with Crippen LogP contribution in [0.25, 0.3) is 0 Å². The normalized spacial score (nSPS) is 10.5. The first kappa shape index (κ1) is 22.5. The second kappa shape index (κ2) is 13.9. The van der Waals surface area contributed by atoms with Gasteiger partial charge in [0.1, 0.15) is 5.75 Å². The fourth-order valence-electron chi connectivity index (χ4n) is 1.93. The molecule has 0 aliphatic rings. The van der Waals surface area contributed by atoms with Crippen molar-refractivity contribution in [1.82, 2.24) is 16.0 Å². The first-order valence-electron chi connectivity index (χ1n) is 8.12. The monoisotopic (exact) mass is 448 g/mol. The summed E-state index contributed by atoms with van der Waals surface area (Å²) in [4.78, 5) is 15.6. The molecule has 0 aliphatic heterocycles. The number of likely N-dealkylation sites (N-methyl/N-ethyl adjacent to an activating group) is 1.